The van der Waals surface area contributed by atoms with Crippen LogP contribution in [0.4, 0.5) is 0 Å². The van der Waals surface area contributed by atoms with E-state index in [-0.39, 0.29) is 0 Å². The van der Waals surface area contributed by atoms with Gasteiger partial charge in [-0.25, -0.2) is 0 Å². The highest BCUT2D eigenvalue weighted by molar-refractivity contribution is 5.09. The van der Waals surface area contributed by atoms with Crippen LogP contribution in [0.1, 0.15) is 126 Å². The van der Waals surface area contributed by atoms with Crippen molar-refractivity contribution in [2.75, 3.05) is 0 Å². The predicted octanol–water partition coefficient (Wildman–Crippen LogP) is 9.38. The van der Waals surface area contributed by atoms with Gasteiger partial charge in [0.1, 0.15) is 0 Å². The minimum Gasteiger partial charge on any atom is -0.0651 e. The Morgan fingerprint density at radius 2 is 1.47 bits per heavy atom. The summed E-state index contributed by atoms with van der Waals surface area (Å²) in [5, 5.41) is 0. The van der Waals surface area contributed by atoms with Crippen LogP contribution >= 0.6 is 0 Å². The van der Waals surface area contributed by atoms with Crippen molar-refractivity contribution in [3.05, 3.63) is 0 Å². The monoisotopic (exact) mass is 414 g/mol. The van der Waals surface area contributed by atoms with E-state index in [1.807, 2.05) is 0 Å². The topological polar surface area (TPSA) is 0 Å². The van der Waals surface area contributed by atoms with Gasteiger partial charge in [-0.2, -0.15) is 0 Å². The normalized spacial score (nSPS) is 48.0. The summed E-state index contributed by atoms with van der Waals surface area (Å²) >= 11 is 0. The molecule has 30 heavy (non-hydrogen) atoms. The number of hydrogen-bond donors (Lipinski definition) is 0. The molecule has 0 aromatic heterocycles. The third-order valence-electron chi connectivity index (χ3n) is 12.2. The summed E-state index contributed by atoms with van der Waals surface area (Å²) in [7, 11) is 0. The third-order valence-corrected chi connectivity index (χ3v) is 12.2. The number of fused-ring (bicyclic) bond motifs is 5. The highest BCUT2D eigenvalue weighted by Gasteiger charge is 2.60. The van der Waals surface area contributed by atoms with Crippen LogP contribution in [0.3, 0.4) is 0 Å². The van der Waals surface area contributed by atoms with E-state index in [0.29, 0.717) is 10.8 Å². The summed E-state index contributed by atoms with van der Waals surface area (Å²) in [6.45, 7) is 18.0. The molecule has 0 unspecified atom stereocenters. The zero-order valence-electron chi connectivity index (χ0n) is 21.7. The lowest BCUT2D eigenvalue weighted by Gasteiger charge is -2.62. The molecule has 0 aliphatic heterocycles. The van der Waals surface area contributed by atoms with Crippen LogP contribution in [-0.2, 0) is 0 Å². The maximum atomic E-state index is 2.76. The zero-order chi connectivity index (χ0) is 21.7. The molecule has 0 nitrogen and oxygen atoms in total. The molecule has 10 atom stereocenters. The molecule has 174 valence electrons. The zero-order valence-corrected chi connectivity index (χ0v) is 21.7. The number of rotatable bonds is 6. The molecule has 0 amide bonds. The molecular formula is C30H54. The first-order chi connectivity index (χ1) is 14.2. The Kier molecular flexibility index (Phi) is 6.75. The van der Waals surface area contributed by atoms with E-state index in [1.165, 1.54) is 32.1 Å². The van der Waals surface area contributed by atoms with Crippen LogP contribution in [0.25, 0.3) is 0 Å². The van der Waals surface area contributed by atoms with Crippen LogP contribution in [0, 0.1) is 64.1 Å². The second kappa shape index (κ2) is 8.74. The first-order valence-electron chi connectivity index (χ1n) is 14.2. The summed E-state index contributed by atoms with van der Waals surface area (Å²) < 4.78 is 0. The Labute approximate surface area is 189 Å². The minimum absolute atomic E-state index is 0.656. The van der Waals surface area contributed by atoms with Gasteiger partial charge in [-0.05, 0) is 115 Å². The molecule has 0 aromatic carbocycles. The van der Waals surface area contributed by atoms with Crippen molar-refractivity contribution in [2.24, 2.45) is 64.1 Å². The van der Waals surface area contributed by atoms with E-state index in [0.717, 1.165) is 53.3 Å². The standard InChI is InChI=1S/C30H54/c1-8-23(20(2)3)12-11-22(5)26-15-16-27-24-13-14-25-21(4)10-9-18-29(25,6)28(24)17-19-30(26,27)7/h20-28H,8-19H2,1-7H3/t21-,22-,23-,24+,25+,26-,27+,28+,29+,30-/m1/s1. The molecule has 0 heteroatoms. The molecule has 0 heterocycles. The lowest BCUT2D eigenvalue weighted by molar-refractivity contribution is -0.127. The molecule has 4 saturated carbocycles. The van der Waals surface area contributed by atoms with Gasteiger partial charge in [0.2, 0.25) is 0 Å². The average molecular weight is 415 g/mol. The highest BCUT2D eigenvalue weighted by Crippen LogP contribution is 2.68. The van der Waals surface area contributed by atoms with Gasteiger partial charge < -0.3 is 0 Å². The first-order valence-corrected chi connectivity index (χ1v) is 14.2. The summed E-state index contributed by atoms with van der Waals surface area (Å²) in [5.41, 5.74) is 1.33. The molecule has 0 aromatic rings. The van der Waals surface area contributed by atoms with Gasteiger partial charge in [-0.3, -0.25) is 0 Å². The SMILES string of the molecule is CC[C@H](CC[C@@H](C)[C@H]1CC[C@H]2[C@@H]3CC[C@H]4[C@H](C)CCC[C@]4(C)[C@H]3CC[C@]12C)C(C)C. The van der Waals surface area contributed by atoms with E-state index in [9.17, 15) is 0 Å². The van der Waals surface area contributed by atoms with E-state index in [4.69, 9.17) is 0 Å². The molecule has 4 aliphatic rings. The Hall–Kier alpha value is 0. The fraction of sp³-hybridized carbons (Fsp3) is 1.00. The quantitative estimate of drug-likeness (QED) is 0.406. The fourth-order valence-electron chi connectivity index (χ4n) is 10.5. The molecule has 0 bridgehead atoms. The molecule has 0 saturated heterocycles. The average Bonchev–Trinajstić information content (AvgIpc) is 3.05. The Morgan fingerprint density at radius 1 is 0.767 bits per heavy atom. The largest absolute Gasteiger partial charge is 0.0651 e. The second-order valence-electron chi connectivity index (χ2n) is 13.6. The van der Waals surface area contributed by atoms with Gasteiger partial charge in [0.05, 0.1) is 0 Å². The summed E-state index contributed by atoms with van der Waals surface area (Å²) in [6.07, 6.45) is 18.2. The Balaban J connectivity index is 1.46. The first kappa shape index (κ1) is 23.2. The van der Waals surface area contributed by atoms with Gasteiger partial charge in [0.25, 0.3) is 0 Å². The van der Waals surface area contributed by atoms with Gasteiger partial charge in [0.15, 0.2) is 0 Å². The number of hydrogen-bond acceptors (Lipinski definition) is 0. The summed E-state index contributed by atoms with van der Waals surface area (Å²) in [4.78, 5) is 0. The Morgan fingerprint density at radius 3 is 2.17 bits per heavy atom. The molecule has 4 rings (SSSR count). The van der Waals surface area contributed by atoms with Crippen LogP contribution in [0.2, 0.25) is 0 Å². The molecule has 0 radical (unpaired) electrons. The van der Waals surface area contributed by atoms with Crippen molar-refractivity contribution < 1.29 is 0 Å². The second-order valence-corrected chi connectivity index (χ2v) is 13.6. The van der Waals surface area contributed by atoms with Gasteiger partial charge in [-0.1, -0.05) is 74.1 Å². The molecule has 0 N–H and O–H groups in total. The maximum absolute atomic E-state index is 2.76. The van der Waals surface area contributed by atoms with Crippen molar-refractivity contribution in [3.63, 3.8) is 0 Å². The lowest BCUT2D eigenvalue weighted by Crippen LogP contribution is -2.54. The fourth-order valence-corrected chi connectivity index (χ4v) is 10.5. The maximum Gasteiger partial charge on any atom is -0.0264 e. The van der Waals surface area contributed by atoms with E-state index in [1.54, 1.807) is 44.9 Å². The molecular weight excluding hydrogens is 360 g/mol. The summed E-state index contributed by atoms with van der Waals surface area (Å²) in [5.74, 6) is 8.93. The van der Waals surface area contributed by atoms with E-state index >= 15 is 0 Å². The smallest absolute Gasteiger partial charge is 0.0264 e. The van der Waals surface area contributed by atoms with Crippen LogP contribution < -0.4 is 0 Å². The van der Waals surface area contributed by atoms with Gasteiger partial charge >= 0.3 is 0 Å². The Bertz CT molecular complexity index is 577. The van der Waals surface area contributed by atoms with Gasteiger partial charge in [-0.15, -0.1) is 0 Å². The highest BCUT2D eigenvalue weighted by atomic mass is 14.7. The molecule has 4 aliphatic carbocycles. The predicted molar refractivity (Wildman–Crippen MR) is 131 cm³/mol. The van der Waals surface area contributed by atoms with Crippen molar-refractivity contribution in [1.82, 2.24) is 0 Å². The lowest BCUT2D eigenvalue weighted by atomic mass is 9.43. The third kappa shape index (κ3) is 3.73. The van der Waals surface area contributed by atoms with Crippen molar-refractivity contribution in [2.45, 2.75) is 126 Å². The summed E-state index contributed by atoms with van der Waals surface area (Å²) in [6, 6.07) is 0. The van der Waals surface area contributed by atoms with Crippen molar-refractivity contribution in [3.8, 4) is 0 Å². The van der Waals surface area contributed by atoms with E-state index < -0.39 is 0 Å². The van der Waals surface area contributed by atoms with Gasteiger partial charge in [0, 0.05) is 0 Å². The van der Waals surface area contributed by atoms with Crippen molar-refractivity contribution in [1.29, 1.82) is 0 Å². The van der Waals surface area contributed by atoms with Crippen LogP contribution in [0.15, 0.2) is 0 Å². The molecule has 4 fully saturated rings. The van der Waals surface area contributed by atoms with Crippen LogP contribution in [-0.4, -0.2) is 0 Å². The molecule has 0 spiro atoms. The minimum atomic E-state index is 0.656. The van der Waals surface area contributed by atoms with Crippen molar-refractivity contribution >= 4 is 0 Å². The van der Waals surface area contributed by atoms with Crippen LogP contribution in [0.5, 0.6) is 0 Å². The van der Waals surface area contributed by atoms with E-state index in [2.05, 4.69) is 48.5 Å².